The number of nitrogens with zero attached hydrogens (tertiary/aromatic N) is 2. The molecule has 4 aromatic heterocycles. The maximum absolute atomic E-state index is 11.0. The lowest BCUT2D eigenvalue weighted by molar-refractivity contribution is 0.112. The van der Waals surface area contributed by atoms with Crippen LogP contribution in [-0.4, -0.2) is 21.4 Å². The van der Waals surface area contributed by atoms with E-state index in [0.717, 1.165) is 59.5 Å². The van der Waals surface area contributed by atoms with Gasteiger partial charge in [0.25, 0.3) is 0 Å². The van der Waals surface area contributed by atoms with E-state index in [2.05, 4.69) is 46.4 Å². The lowest BCUT2D eigenvalue weighted by atomic mass is 10.1. The number of carbonyl (C=O) groups is 1. The molecule has 9 rings (SSSR count). The van der Waals surface area contributed by atoms with Gasteiger partial charge in [-0.3, -0.25) is 14.8 Å². The Morgan fingerprint density at radius 1 is 0.519 bits per heavy atom. The average Bonchev–Trinajstić information content (AvgIpc) is 3.89. The van der Waals surface area contributed by atoms with Crippen molar-refractivity contribution in [1.29, 1.82) is 0 Å². The summed E-state index contributed by atoms with van der Waals surface area (Å²) in [6, 6.07) is 49.9. The van der Waals surface area contributed by atoms with E-state index < -0.39 is 6.10 Å². The Bertz CT molecular complexity index is 2630. The number of aliphatic hydroxyl groups excluding tert-OH is 1. The van der Waals surface area contributed by atoms with Crippen LogP contribution in [0.4, 0.5) is 0 Å². The second-order valence-electron chi connectivity index (χ2n) is 12.3. The SMILES string of the molecule is O=Cc1cc2c(Oc3ccc(-c4ccccc4)cc3)cncc2s1.OC(c1ccccc1)c1cc2c(Oc3ccc(-c4ccccc4)cc3)cncc2s1. The van der Waals surface area contributed by atoms with E-state index in [-0.39, 0.29) is 0 Å². The van der Waals surface area contributed by atoms with Gasteiger partial charge in [-0.2, -0.15) is 0 Å². The number of aromatic nitrogens is 2. The van der Waals surface area contributed by atoms with E-state index >= 15 is 0 Å². The van der Waals surface area contributed by atoms with E-state index in [1.165, 1.54) is 33.8 Å². The lowest BCUT2D eigenvalue weighted by Gasteiger charge is -2.08. The topological polar surface area (TPSA) is 81.5 Å². The molecule has 0 spiro atoms. The van der Waals surface area contributed by atoms with Crippen molar-refractivity contribution in [2.75, 3.05) is 0 Å². The third-order valence-corrected chi connectivity index (χ3v) is 10.9. The molecule has 1 N–H and O–H groups in total. The fourth-order valence-corrected chi connectivity index (χ4v) is 7.94. The molecule has 9 aromatic rings. The molecular formula is C46H32N2O4S2. The standard InChI is InChI=1S/C26H19NO2S.C20H13NO2S/c28-26(20-9-5-2-6-10-20)24-15-22-23(16-27-17-25(22)30-24)29-21-13-11-19(12-14-21)18-7-3-1-4-8-18;22-13-17-10-18-19(11-21-12-20(18)24-17)23-16-8-6-15(7-9-16)14-4-2-1-3-5-14/h1-17,26,28H;1-13H. The number of pyridine rings is 2. The molecule has 0 fully saturated rings. The molecule has 1 atom stereocenters. The van der Waals surface area contributed by atoms with Crippen LogP contribution in [0.25, 0.3) is 42.4 Å². The number of hydrogen-bond donors (Lipinski definition) is 1. The van der Waals surface area contributed by atoms with Crippen molar-refractivity contribution in [2.24, 2.45) is 0 Å². The maximum Gasteiger partial charge on any atom is 0.160 e. The van der Waals surface area contributed by atoms with Gasteiger partial charge < -0.3 is 14.6 Å². The van der Waals surface area contributed by atoms with Crippen molar-refractivity contribution < 1.29 is 19.4 Å². The Morgan fingerprint density at radius 3 is 1.46 bits per heavy atom. The summed E-state index contributed by atoms with van der Waals surface area (Å²) in [5, 5.41) is 12.6. The van der Waals surface area contributed by atoms with Gasteiger partial charge in [-0.1, -0.05) is 115 Å². The maximum atomic E-state index is 11.0. The summed E-state index contributed by atoms with van der Waals surface area (Å²) in [7, 11) is 0. The normalized spacial score (nSPS) is 11.4. The minimum Gasteiger partial charge on any atom is -0.455 e. The van der Waals surface area contributed by atoms with E-state index in [9.17, 15) is 9.90 Å². The Kier molecular flexibility index (Phi) is 10.3. The van der Waals surface area contributed by atoms with E-state index in [1.807, 2.05) is 121 Å². The van der Waals surface area contributed by atoms with Crippen LogP contribution in [0.2, 0.25) is 0 Å². The quantitative estimate of drug-likeness (QED) is 0.148. The third kappa shape index (κ3) is 7.82. The van der Waals surface area contributed by atoms with Crippen LogP contribution < -0.4 is 9.47 Å². The number of fused-ring (bicyclic) bond motifs is 2. The first-order chi connectivity index (χ1) is 26.6. The Balaban J connectivity index is 0.000000157. The van der Waals surface area contributed by atoms with Crippen LogP contribution in [0.3, 0.4) is 0 Å². The molecule has 5 aromatic carbocycles. The Labute approximate surface area is 320 Å². The lowest BCUT2D eigenvalue weighted by Crippen LogP contribution is -1.95. The number of hydrogen-bond acceptors (Lipinski definition) is 8. The second kappa shape index (κ2) is 16.1. The summed E-state index contributed by atoms with van der Waals surface area (Å²) in [5.41, 5.74) is 5.49. The van der Waals surface area contributed by atoms with Crippen molar-refractivity contribution >= 4 is 49.1 Å². The van der Waals surface area contributed by atoms with Gasteiger partial charge in [-0.25, -0.2) is 0 Å². The van der Waals surface area contributed by atoms with Gasteiger partial charge in [-0.05, 0) is 64.2 Å². The number of carbonyl (C=O) groups excluding carboxylic acids is 1. The molecule has 4 heterocycles. The highest BCUT2D eigenvalue weighted by Crippen LogP contribution is 2.39. The number of ether oxygens (including phenoxy) is 2. The molecule has 0 radical (unpaired) electrons. The van der Waals surface area contributed by atoms with Crippen LogP contribution in [0.15, 0.2) is 176 Å². The predicted octanol–water partition coefficient (Wildman–Crippen LogP) is 12.4. The number of aliphatic hydroxyl groups is 1. The summed E-state index contributed by atoms with van der Waals surface area (Å²) in [6.45, 7) is 0. The molecule has 0 saturated carbocycles. The highest BCUT2D eigenvalue weighted by Gasteiger charge is 2.16. The zero-order valence-electron chi connectivity index (χ0n) is 28.8. The number of rotatable bonds is 9. The number of benzene rings is 5. The molecule has 1 unspecified atom stereocenters. The molecule has 8 heteroatoms. The molecule has 0 saturated heterocycles. The average molecular weight is 741 g/mol. The van der Waals surface area contributed by atoms with Crippen LogP contribution in [0.5, 0.6) is 23.0 Å². The second-order valence-corrected chi connectivity index (χ2v) is 14.5. The van der Waals surface area contributed by atoms with Crippen molar-refractivity contribution in [3.05, 3.63) is 192 Å². The van der Waals surface area contributed by atoms with E-state index in [0.29, 0.717) is 16.4 Å². The van der Waals surface area contributed by atoms with Crippen LogP contribution in [0.1, 0.15) is 26.2 Å². The van der Waals surface area contributed by atoms with Crippen LogP contribution in [-0.2, 0) is 0 Å². The summed E-state index contributed by atoms with van der Waals surface area (Å²) in [4.78, 5) is 21.0. The van der Waals surface area contributed by atoms with Crippen LogP contribution in [0, 0.1) is 0 Å². The fourth-order valence-electron chi connectivity index (χ4n) is 6.01. The molecule has 0 aliphatic carbocycles. The molecule has 0 amide bonds. The summed E-state index contributed by atoms with van der Waals surface area (Å²) >= 11 is 2.94. The predicted molar refractivity (Wildman–Crippen MR) is 219 cm³/mol. The van der Waals surface area contributed by atoms with Crippen molar-refractivity contribution in [1.82, 2.24) is 9.97 Å². The molecule has 6 nitrogen and oxygen atoms in total. The summed E-state index contributed by atoms with van der Waals surface area (Å²) in [6.07, 6.45) is 7.14. The first kappa shape index (κ1) is 34.6. The van der Waals surface area contributed by atoms with Crippen molar-refractivity contribution in [2.45, 2.75) is 6.10 Å². The highest BCUT2D eigenvalue weighted by atomic mass is 32.1. The van der Waals surface area contributed by atoms with Gasteiger partial charge in [0, 0.05) is 28.0 Å². The molecule has 54 heavy (non-hydrogen) atoms. The smallest absolute Gasteiger partial charge is 0.160 e. The monoisotopic (exact) mass is 740 g/mol. The van der Waals surface area contributed by atoms with Crippen LogP contribution >= 0.6 is 22.7 Å². The third-order valence-electron chi connectivity index (χ3n) is 8.74. The zero-order chi connectivity index (χ0) is 36.7. The van der Waals surface area contributed by atoms with Gasteiger partial charge in [0.1, 0.15) is 17.6 Å². The van der Waals surface area contributed by atoms with E-state index in [4.69, 9.17) is 9.47 Å². The summed E-state index contributed by atoms with van der Waals surface area (Å²) in [5.74, 6) is 2.83. The molecule has 0 bridgehead atoms. The molecule has 262 valence electrons. The van der Waals surface area contributed by atoms with Crippen molar-refractivity contribution in [3.63, 3.8) is 0 Å². The largest absolute Gasteiger partial charge is 0.455 e. The van der Waals surface area contributed by atoms with E-state index in [1.54, 1.807) is 18.6 Å². The fraction of sp³-hybridized carbons (Fsp3) is 0.0217. The molecular weight excluding hydrogens is 709 g/mol. The molecule has 0 aliphatic rings. The Hall–Kier alpha value is -6.45. The van der Waals surface area contributed by atoms with Gasteiger partial charge >= 0.3 is 0 Å². The van der Waals surface area contributed by atoms with Gasteiger partial charge in [0.2, 0.25) is 0 Å². The minimum atomic E-state index is -0.665. The minimum absolute atomic E-state index is 0.657. The number of aldehydes is 1. The van der Waals surface area contributed by atoms with Gasteiger partial charge in [-0.15, -0.1) is 22.7 Å². The van der Waals surface area contributed by atoms with Gasteiger partial charge in [0.15, 0.2) is 17.8 Å². The highest BCUT2D eigenvalue weighted by molar-refractivity contribution is 7.20. The first-order valence-electron chi connectivity index (χ1n) is 17.2. The first-order valence-corrected chi connectivity index (χ1v) is 18.8. The zero-order valence-corrected chi connectivity index (χ0v) is 30.4. The van der Waals surface area contributed by atoms with Crippen molar-refractivity contribution in [3.8, 4) is 45.3 Å². The summed E-state index contributed by atoms with van der Waals surface area (Å²) < 4.78 is 14.0. The molecule has 0 aliphatic heterocycles. The Morgan fingerprint density at radius 2 is 0.963 bits per heavy atom. The number of thiophene rings is 2. The van der Waals surface area contributed by atoms with Gasteiger partial charge in [0.05, 0.1) is 26.7 Å².